The van der Waals surface area contributed by atoms with Crippen LogP contribution in [-0.2, 0) is 6.42 Å². The fourth-order valence-corrected chi connectivity index (χ4v) is 2.62. The van der Waals surface area contributed by atoms with Crippen molar-refractivity contribution in [2.75, 3.05) is 20.7 Å². The molecule has 0 radical (unpaired) electrons. The lowest BCUT2D eigenvalue weighted by Crippen LogP contribution is -2.56. The molecule has 0 aromatic heterocycles. The van der Waals surface area contributed by atoms with Crippen molar-refractivity contribution < 1.29 is 4.74 Å². The molecule has 0 bridgehead atoms. The maximum absolute atomic E-state index is 6.03. The van der Waals surface area contributed by atoms with Gasteiger partial charge in [0.25, 0.3) is 0 Å². The van der Waals surface area contributed by atoms with Crippen LogP contribution in [0.15, 0.2) is 24.3 Å². The molecule has 1 rings (SSSR count). The Morgan fingerprint density at radius 3 is 2.35 bits per heavy atom. The van der Waals surface area contributed by atoms with E-state index in [1.807, 2.05) is 12.1 Å². The van der Waals surface area contributed by atoms with Gasteiger partial charge < -0.3 is 10.5 Å². The second kappa shape index (κ2) is 7.09. The van der Waals surface area contributed by atoms with E-state index >= 15 is 0 Å². The van der Waals surface area contributed by atoms with Gasteiger partial charge in [-0.1, -0.05) is 32.0 Å². The number of ether oxygens (including phenoxy) is 1. The molecule has 2 atom stereocenters. The van der Waals surface area contributed by atoms with E-state index in [2.05, 4.69) is 51.8 Å². The van der Waals surface area contributed by atoms with Gasteiger partial charge in [-0.3, -0.25) is 4.90 Å². The molecule has 1 aromatic rings. The lowest BCUT2D eigenvalue weighted by atomic mass is 9.85. The minimum absolute atomic E-state index is 0.0153. The molecule has 0 heterocycles. The molecule has 3 nitrogen and oxygen atoms in total. The number of nitrogens with zero attached hydrogens (tertiary/aromatic N) is 1. The maximum atomic E-state index is 6.03. The summed E-state index contributed by atoms with van der Waals surface area (Å²) in [5, 5.41) is 0. The van der Waals surface area contributed by atoms with Crippen LogP contribution in [-0.4, -0.2) is 37.2 Å². The van der Waals surface area contributed by atoms with Gasteiger partial charge in [0, 0.05) is 18.1 Å². The molecule has 0 saturated heterocycles. The zero-order valence-corrected chi connectivity index (χ0v) is 13.8. The Morgan fingerprint density at radius 2 is 1.85 bits per heavy atom. The largest absolute Gasteiger partial charge is 0.496 e. The second-order valence-electron chi connectivity index (χ2n) is 6.19. The Labute approximate surface area is 124 Å². The molecule has 0 spiro atoms. The molecule has 3 heteroatoms. The first kappa shape index (κ1) is 17.0. The average Bonchev–Trinajstić information content (AvgIpc) is 2.45. The summed E-state index contributed by atoms with van der Waals surface area (Å²) in [7, 11) is 3.90. The van der Waals surface area contributed by atoms with Crippen molar-refractivity contribution in [3.05, 3.63) is 29.8 Å². The number of hydrogen-bond donors (Lipinski definition) is 1. The molecule has 0 saturated carbocycles. The van der Waals surface area contributed by atoms with Crippen molar-refractivity contribution in [1.29, 1.82) is 0 Å². The van der Waals surface area contributed by atoms with Crippen LogP contribution >= 0.6 is 0 Å². The van der Waals surface area contributed by atoms with E-state index in [1.54, 1.807) is 7.11 Å². The zero-order chi connectivity index (χ0) is 15.3. The number of likely N-dealkylation sites (N-methyl/N-ethyl adjacent to an activating group) is 1. The molecule has 0 aliphatic heterocycles. The third-order valence-corrected chi connectivity index (χ3v) is 4.83. The zero-order valence-electron chi connectivity index (χ0n) is 13.8. The van der Waals surface area contributed by atoms with Gasteiger partial charge in [0.15, 0.2) is 0 Å². The Kier molecular flexibility index (Phi) is 6.03. The Hall–Kier alpha value is -1.06. The van der Waals surface area contributed by atoms with E-state index in [1.165, 1.54) is 5.56 Å². The molecule has 2 unspecified atom stereocenters. The molecular formula is C17H30N2O. The fourth-order valence-electron chi connectivity index (χ4n) is 2.62. The van der Waals surface area contributed by atoms with Gasteiger partial charge in [-0.25, -0.2) is 0 Å². The van der Waals surface area contributed by atoms with Crippen LogP contribution in [0.4, 0.5) is 0 Å². The van der Waals surface area contributed by atoms with Gasteiger partial charge >= 0.3 is 0 Å². The Morgan fingerprint density at radius 1 is 1.25 bits per heavy atom. The van der Waals surface area contributed by atoms with E-state index in [9.17, 15) is 0 Å². The molecule has 0 amide bonds. The highest BCUT2D eigenvalue weighted by molar-refractivity contribution is 5.33. The van der Waals surface area contributed by atoms with E-state index in [4.69, 9.17) is 10.5 Å². The van der Waals surface area contributed by atoms with Crippen LogP contribution in [0.2, 0.25) is 0 Å². The summed E-state index contributed by atoms with van der Waals surface area (Å²) in [4.78, 5) is 2.41. The van der Waals surface area contributed by atoms with Gasteiger partial charge in [-0.05, 0) is 44.9 Å². The highest BCUT2D eigenvalue weighted by atomic mass is 16.5. The van der Waals surface area contributed by atoms with Crippen molar-refractivity contribution in [3.63, 3.8) is 0 Å². The van der Waals surface area contributed by atoms with Crippen molar-refractivity contribution in [2.24, 2.45) is 11.7 Å². The van der Waals surface area contributed by atoms with Crippen molar-refractivity contribution in [3.8, 4) is 5.75 Å². The lowest BCUT2D eigenvalue weighted by molar-refractivity contribution is 0.0591. The second-order valence-corrected chi connectivity index (χ2v) is 6.19. The molecule has 114 valence electrons. The van der Waals surface area contributed by atoms with Crippen LogP contribution in [0.1, 0.15) is 33.3 Å². The summed E-state index contributed by atoms with van der Waals surface area (Å²) in [5.41, 5.74) is 7.29. The molecule has 0 aliphatic rings. The Bertz CT molecular complexity index is 419. The molecule has 0 aliphatic carbocycles. The van der Waals surface area contributed by atoms with E-state index in [-0.39, 0.29) is 5.54 Å². The monoisotopic (exact) mass is 278 g/mol. The van der Waals surface area contributed by atoms with Crippen molar-refractivity contribution in [2.45, 2.75) is 45.7 Å². The SMILES string of the molecule is COc1ccccc1CC(C)N(C)C(C)(CN)C(C)C. The summed E-state index contributed by atoms with van der Waals surface area (Å²) in [5.74, 6) is 1.48. The normalized spacial score (nSPS) is 16.2. The summed E-state index contributed by atoms with van der Waals surface area (Å²) in [6, 6.07) is 8.64. The first-order valence-corrected chi connectivity index (χ1v) is 7.41. The summed E-state index contributed by atoms with van der Waals surface area (Å²) >= 11 is 0. The van der Waals surface area contributed by atoms with E-state index in [0.717, 1.165) is 12.2 Å². The van der Waals surface area contributed by atoms with Gasteiger partial charge in [0.05, 0.1) is 7.11 Å². The van der Waals surface area contributed by atoms with Gasteiger partial charge in [-0.2, -0.15) is 0 Å². The fraction of sp³-hybridized carbons (Fsp3) is 0.647. The number of benzene rings is 1. The minimum Gasteiger partial charge on any atom is -0.496 e. The molecule has 2 N–H and O–H groups in total. The number of methoxy groups -OCH3 is 1. The van der Waals surface area contributed by atoms with Gasteiger partial charge in [-0.15, -0.1) is 0 Å². The van der Waals surface area contributed by atoms with Crippen LogP contribution in [0.3, 0.4) is 0 Å². The maximum Gasteiger partial charge on any atom is 0.122 e. The van der Waals surface area contributed by atoms with Crippen molar-refractivity contribution in [1.82, 2.24) is 4.90 Å². The van der Waals surface area contributed by atoms with Crippen LogP contribution in [0.25, 0.3) is 0 Å². The van der Waals surface area contributed by atoms with Crippen molar-refractivity contribution >= 4 is 0 Å². The number of para-hydroxylation sites is 1. The first-order valence-electron chi connectivity index (χ1n) is 7.41. The van der Waals surface area contributed by atoms with Crippen LogP contribution in [0.5, 0.6) is 5.75 Å². The van der Waals surface area contributed by atoms with Gasteiger partial charge in [0.2, 0.25) is 0 Å². The quantitative estimate of drug-likeness (QED) is 0.833. The van der Waals surface area contributed by atoms with Gasteiger partial charge in [0.1, 0.15) is 5.75 Å². The highest BCUT2D eigenvalue weighted by Gasteiger charge is 2.34. The topological polar surface area (TPSA) is 38.5 Å². The van der Waals surface area contributed by atoms with Crippen LogP contribution < -0.4 is 10.5 Å². The first-order chi connectivity index (χ1) is 9.36. The molecule has 1 aromatic carbocycles. The minimum atomic E-state index is 0.0153. The molecular weight excluding hydrogens is 248 g/mol. The average molecular weight is 278 g/mol. The number of hydrogen-bond acceptors (Lipinski definition) is 3. The summed E-state index contributed by atoms with van der Waals surface area (Å²) in [6.45, 7) is 9.63. The lowest BCUT2D eigenvalue weighted by Gasteiger charge is -2.45. The predicted octanol–water partition coefficient (Wildman–Crippen LogP) is 2.93. The summed E-state index contributed by atoms with van der Waals surface area (Å²) < 4.78 is 5.44. The smallest absolute Gasteiger partial charge is 0.122 e. The molecule has 0 fully saturated rings. The third kappa shape index (κ3) is 3.53. The highest BCUT2D eigenvalue weighted by Crippen LogP contribution is 2.27. The van der Waals surface area contributed by atoms with E-state index in [0.29, 0.717) is 18.5 Å². The number of rotatable bonds is 7. The predicted molar refractivity (Wildman–Crippen MR) is 86.2 cm³/mol. The summed E-state index contributed by atoms with van der Waals surface area (Å²) in [6.07, 6.45) is 0.961. The van der Waals surface area contributed by atoms with E-state index < -0.39 is 0 Å². The Balaban J connectivity index is 2.87. The standard InChI is InChI=1S/C17H30N2O/c1-13(2)17(4,12-18)19(5)14(3)11-15-9-7-8-10-16(15)20-6/h7-10,13-14H,11-12,18H2,1-6H3. The third-order valence-electron chi connectivity index (χ3n) is 4.83. The molecule has 20 heavy (non-hydrogen) atoms. The number of nitrogens with two attached hydrogens (primary N) is 1. The van der Waals surface area contributed by atoms with Crippen LogP contribution in [0, 0.1) is 5.92 Å².